The Balaban J connectivity index is 1.93. The van der Waals surface area contributed by atoms with Gasteiger partial charge in [0.25, 0.3) is 0 Å². The summed E-state index contributed by atoms with van der Waals surface area (Å²) >= 11 is 0. The molecule has 1 N–H and O–H groups in total. The number of hydrogen-bond donors (Lipinski definition) is 1. The molecular weight excluding hydrogens is 256 g/mol. The average molecular weight is 290 g/mol. The lowest BCUT2D eigenvalue weighted by Crippen LogP contribution is -2.52. The SMILES string of the molecule is CCC(C)(C)C1CCC(C#N)(NC2CCCCCC2)CC1. The van der Waals surface area contributed by atoms with E-state index < -0.39 is 0 Å². The molecule has 21 heavy (non-hydrogen) atoms. The molecule has 0 heterocycles. The van der Waals surface area contributed by atoms with E-state index in [1.165, 1.54) is 57.8 Å². The number of rotatable bonds is 4. The molecule has 2 fully saturated rings. The van der Waals surface area contributed by atoms with Crippen LogP contribution in [0.2, 0.25) is 0 Å². The van der Waals surface area contributed by atoms with Gasteiger partial charge in [0.15, 0.2) is 0 Å². The third-order valence-electron chi connectivity index (χ3n) is 6.41. The topological polar surface area (TPSA) is 35.8 Å². The molecule has 2 rings (SSSR count). The lowest BCUT2D eigenvalue weighted by Gasteiger charge is -2.43. The molecule has 2 aliphatic carbocycles. The maximum Gasteiger partial charge on any atom is 0.107 e. The summed E-state index contributed by atoms with van der Waals surface area (Å²) in [6.07, 6.45) is 13.8. The molecule has 0 bridgehead atoms. The van der Waals surface area contributed by atoms with Crippen LogP contribution in [0.1, 0.15) is 91.4 Å². The Morgan fingerprint density at radius 1 is 1.05 bits per heavy atom. The highest BCUT2D eigenvalue weighted by molar-refractivity contribution is 5.11. The summed E-state index contributed by atoms with van der Waals surface area (Å²) in [6.45, 7) is 7.10. The normalized spacial score (nSPS) is 32.4. The Hall–Kier alpha value is -0.550. The summed E-state index contributed by atoms with van der Waals surface area (Å²) in [4.78, 5) is 0. The van der Waals surface area contributed by atoms with Gasteiger partial charge in [0.05, 0.1) is 6.07 Å². The standard InChI is InChI=1S/C19H34N2/c1-4-18(2,3)16-11-13-19(15-20,14-12-16)21-17-9-7-5-6-8-10-17/h16-17,21H,4-14H2,1-3H3. The van der Waals surface area contributed by atoms with E-state index in [9.17, 15) is 5.26 Å². The molecule has 0 amide bonds. The van der Waals surface area contributed by atoms with E-state index in [4.69, 9.17) is 0 Å². The van der Waals surface area contributed by atoms with Crippen LogP contribution < -0.4 is 5.32 Å². The van der Waals surface area contributed by atoms with Crippen LogP contribution in [0.4, 0.5) is 0 Å². The van der Waals surface area contributed by atoms with Crippen LogP contribution in [-0.4, -0.2) is 11.6 Å². The first kappa shape index (κ1) is 16.8. The minimum Gasteiger partial charge on any atom is -0.297 e. The summed E-state index contributed by atoms with van der Waals surface area (Å²) in [5, 5.41) is 13.6. The molecule has 0 spiro atoms. The van der Waals surface area contributed by atoms with Crippen molar-refractivity contribution in [3.63, 3.8) is 0 Å². The Morgan fingerprint density at radius 2 is 1.62 bits per heavy atom. The van der Waals surface area contributed by atoms with Gasteiger partial charge in [-0.05, 0) is 49.9 Å². The molecule has 2 aliphatic rings. The monoisotopic (exact) mass is 290 g/mol. The van der Waals surface area contributed by atoms with E-state index in [1.807, 2.05) is 0 Å². The summed E-state index contributed by atoms with van der Waals surface area (Å²) in [5.41, 5.74) is 0.208. The van der Waals surface area contributed by atoms with Crippen molar-refractivity contribution in [1.82, 2.24) is 5.32 Å². The second-order valence-corrected chi connectivity index (χ2v) is 8.14. The van der Waals surface area contributed by atoms with Crippen LogP contribution in [0.15, 0.2) is 0 Å². The van der Waals surface area contributed by atoms with Gasteiger partial charge in [0.2, 0.25) is 0 Å². The van der Waals surface area contributed by atoms with Gasteiger partial charge >= 0.3 is 0 Å². The van der Waals surface area contributed by atoms with Gasteiger partial charge in [-0.2, -0.15) is 5.26 Å². The number of nitrogens with zero attached hydrogens (tertiary/aromatic N) is 1. The van der Waals surface area contributed by atoms with Crippen molar-refractivity contribution < 1.29 is 0 Å². The highest BCUT2D eigenvalue weighted by Crippen LogP contribution is 2.43. The van der Waals surface area contributed by atoms with E-state index in [2.05, 4.69) is 32.2 Å². The maximum atomic E-state index is 9.78. The number of nitrogens with one attached hydrogen (secondary N) is 1. The Kier molecular flexibility index (Phi) is 5.72. The molecule has 2 nitrogen and oxygen atoms in total. The second kappa shape index (κ2) is 7.14. The van der Waals surface area contributed by atoms with E-state index in [-0.39, 0.29) is 5.54 Å². The second-order valence-electron chi connectivity index (χ2n) is 8.14. The molecule has 0 aromatic carbocycles. The van der Waals surface area contributed by atoms with Crippen LogP contribution in [0.3, 0.4) is 0 Å². The van der Waals surface area contributed by atoms with Crippen molar-refractivity contribution >= 4 is 0 Å². The Bertz CT molecular complexity index is 350. The average Bonchev–Trinajstić information content (AvgIpc) is 2.76. The highest BCUT2D eigenvalue weighted by Gasteiger charge is 2.40. The summed E-state index contributed by atoms with van der Waals surface area (Å²) in [6, 6.07) is 3.25. The minimum atomic E-state index is -0.227. The van der Waals surface area contributed by atoms with E-state index >= 15 is 0 Å². The zero-order chi connectivity index (χ0) is 15.3. The van der Waals surface area contributed by atoms with Crippen LogP contribution in [0, 0.1) is 22.7 Å². The van der Waals surface area contributed by atoms with Crippen molar-refractivity contribution in [3.8, 4) is 6.07 Å². The Morgan fingerprint density at radius 3 is 2.10 bits per heavy atom. The van der Waals surface area contributed by atoms with Crippen molar-refractivity contribution in [2.24, 2.45) is 11.3 Å². The zero-order valence-corrected chi connectivity index (χ0v) is 14.4. The molecule has 0 unspecified atom stereocenters. The smallest absolute Gasteiger partial charge is 0.107 e. The minimum absolute atomic E-state index is 0.227. The summed E-state index contributed by atoms with van der Waals surface area (Å²) in [7, 11) is 0. The van der Waals surface area contributed by atoms with Crippen molar-refractivity contribution in [2.75, 3.05) is 0 Å². The zero-order valence-electron chi connectivity index (χ0n) is 14.4. The van der Waals surface area contributed by atoms with Crippen LogP contribution in [0.25, 0.3) is 0 Å². The summed E-state index contributed by atoms with van der Waals surface area (Å²) in [5.74, 6) is 0.792. The van der Waals surface area contributed by atoms with Crippen LogP contribution in [-0.2, 0) is 0 Å². The number of nitriles is 1. The fraction of sp³-hybridized carbons (Fsp3) is 0.947. The molecule has 0 aliphatic heterocycles. The Labute approximate surface area is 131 Å². The molecule has 0 aromatic rings. The predicted molar refractivity (Wildman–Crippen MR) is 89.0 cm³/mol. The lowest BCUT2D eigenvalue weighted by atomic mass is 9.65. The van der Waals surface area contributed by atoms with Gasteiger partial charge in [-0.3, -0.25) is 5.32 Å². The maximum absolute atomic E-state index is 9.78. The first-order chi connectivity index (χ1) is 10.0. The van der Waals surface area contributed by atoms with Gasteiger partial charge in [-0.1, -0.05) is 52.9 Å². The van der Waals surface area contributed by atoms with Gasteiger partial charge in [-0.15, -0.1) is 0 Å². The van der Waals surface area contributed by atoms with Gasteiger partial charge in [0.1, 0.15) is 5.54 Å². The van der Waals surface area contributed by atoms with E-state index in [0.29, 0.717) is 11.5 Å². The van der Waals surface area contributed by atoms with Crippen molar-refractivity contribution in [2.45, 2.75) is 103 Å². The quantitative estimate of drug-likeness (QED) is 0.723. The predicted octanol–water partition coefficient (Wildman–Crippen LogP) is 5.19. The summed E-state index contributed by atoms with van der Waals surface area (Å²) < 4.78 is 0. The van der Waals surface area contributed by atoms with Gasteiger partial charge < -0.3 is 0 Å². The van der Waals surface area contributed by atoms with Gasteiger partial charge in [-0.25, -0.2) is 0 Å². The highest BCUT2D eigenvalue weighted by atomic mass is 15.0. The van der Waals surface area contributed by atoms with Crippen molar-refractivity contribution in [3.05, 3.63) is 0 Å². The van der Waals surface area contributed by atoms with Crippen LogP contribution >= 0.6 is 0 Å². The first-order valence-electron chi connectivity index (χ1n) is 9.20. The molecule has 0 aromatic heterocycles. The first-order valence-corrected chi connectivity index (χ1v) is 9.20. The number of hydrogen-bond acceptors (Lipinski definition) is 2. The largest absolute Gasteiger partial charge is 0.297 e. The molecule has 120 valence electrons. The van der Waals surface area contributed by atoms with E-state index in [0.717, 1.165) is 18.8 Å². The van der Waals surface area contributed by atoms with E-state index in [1.54, 1.807) is 0 Å². The fourth-order valence-electron chi connectivity index (χ4n) is 4.28. The fourth-order valence-corrected chi connectivity index (χ4v) is 4.28. The molecule has 2 heteroatoms. The van der Waals surface area contributed by atoms with Crippen LogP contribution in [0.5, 0.6) is 0 Å². The molecule has 0 radical (unpaired) electrons. The molecule has 2 saturated carbocycles. The lowest BCUT2D eigenvalue weighted by molar-refractivity contribution is 0.113. The third kappa shape index (κ3) is 4.22. The molecule has 0 atom stereocenters. The van der Waals surface area contributed by atoms with Gasteiger partial charge in [0, 0.05) is 6.04 Å². The molecular formula is C19H34N2. The molecule has 0 saturated heterocycles. The third-order valence-corrected chi connectivity index (χ3v) is 6.41. The van der Waals surface area contributed by atoms with Crippen molar-refractivity contribution in [1.29, 1.82) is 5.26 Å².